The van der Waals surface area contributed by atoms with Crippen molar-refractivity contribution in [2.24, 2.45) is 0 Å². The predicted molar refractivity (Wildman–Crippen MR) is 79.2 cm³/mol. The lowest BCUT2D eigenvalue weighted by molar-refractivity contribution is 0.837. The monoisotopic (exact) mass is 311 g/mol. The van der Waals surface area contributed by atoms with E-state index in [4.69, 9.17) is 6.57 Å². The summed E-state index contributed by atoms with van der Waals surface area (Å²) in [7, 11) is 0. The second kappa shape index (κ2) is 4.87. The van der Waals surface area contributed by atoms with Crippen LogP contribution in [0.15, 0.2) is 53.3 Å². The number of nitrogens with zero attached hydrogens (tertiary/aromatic N) is 3. The Hall–Kier alpha value is -2.12. The van der Waals surface area contributed by atoms with E-state index >= 15 is 0 Å². The third-order valence-electron chi connectivity index (χ3n) is 2.98. The van der Waals surface area contributed by atoms with Gasteiger partial charge < -0.3 is 4.57 Å². The molecule has 0 fully saturated rings. The third-order valence-corrected chi connectivity index (χ3v) is 3.41. The molecule has 0 N–H and O–H groups in total. The fourth-order valence-electron chi connectivity index (χ4n) is 2.12. The van der Waals surface area contributed by atoms with Crippen molar-refractivity contribution in [1.29, 1.82) is 0 Å². The molecule has 2 heterocycles. The van der Waals surface area contributed by atoms with Gasteiger partial charge in [0.25, 0.3) is 0 Å². The van der Waals surface area contributed by atoms with Crippen LogP contribution < -0.4 is 0 Å². The Morgan fingerprint density at radius 2 is 2.05 bits per heavy atom. The summed E-state index contributed by atoms with van der Waals surface area (Å²) < 4.78 is 2.99. The Morgan fingerprint density at radius 3 is 2.79 bits per heavy atom. The maximum atomic E-state index is 7.23. The number of fused-ring (bicyclic) bond motifs is 1. The molecule has 0 spiro atoms. The first kappa shape index (κ1) is 11.9. The van der Waals surface area contributed by atoms with E-state index in [9.17, 15) is 0 Å². The van der Waals surface area contributed by atoms with Crippen LogP contribution in [0.3, 0.4) is 0 Å². The van der Waals surface area contributed by atoms with Crippen molar-refractivity contribution in [3.63, 3.8) is 0 Å². The van der Waals surface area contributed by atoms with Crippen LogP contribution in [-0.2, 0) is 6.54 Å². The molecule has 19 heavy (non-hydrogen) atoms. The standard InChI is InChI=1S/C15H10BrN3/c1-17-13-10-19(9-11-5-3-2-4-6-11)14-7-12(16)8-18-15(13)14/h2-8,10H,9H2. The van der Waals surface area contributed by atoms with Crippen LogP contribution >= 0.6 is 15.9 Å². The van der Waals surface area contributed by atoms with Crippen molar-refractivity contribution in [2.45, 2.75) is 6.54 Å². The van der Waals surface area contributed by atoms with E-state index in [0.717, 1.165) is 22.1 Å². The van der Waals surface area contributed by atoms with E-state index < -0.39 is 0 Å². The summed E-state index contributed by atoms with van der Waals surface area (Å²) in [5, 5.41) is 0. The van der Waals surface area contributed by atoms with Crippen LogP contribution in [0.1, 0.15) is 5.56 Å². The molecule has 1 aromatic carbocycles. The number of aromatic nitrogens is 2. The highest BCUT2D eigenvalue weighted by atomic mass is 79.9. The van der Waals surface area contributed by atoms with Crippen LogP contribution in [0.25, 0.3) is 15.9 Å². The van der Waals surface area contributed by atoms with Gasteiger partial charge in [0.15, 0.2) is 0 Å². The minimum Gasteiger partial charge on any atom is -0.353 e. The molecule has 92 valence electrons. The van der Waals surface area contributed by atoms with Gasteiger partial charge in [0.2, 0.25) is 5.69 Å². The Balaban J connectivity index is 2.13. The molecule has 0 unspecified atom stereocenters. The smallest absolute Gasteiger partial charge is 0.230 e. The molecule has 3 aromatic rings. The average Bonchev–Trinajstić information content (AvgIpc) is 2.77. The van der Waals surface area contributed by atoms with Gasteiger partial charge in [0.1, 0.15) is 0 Å². The maximum absolute atomic E-state index is 7.23. The Kier molecular flexibility index (Phi) is 3.06. The number of pyridine rings is 1. The first-order valence-corrected chi connectivity index (χ1v) is 6.63. The van der Waals surface area contributed by atoms with Gasteiger partial charge in [-0.15, -0.1) is 0 Å². The molecule has 0 radical (unpaired) electrons. The third kappa shape index (κ3) is 2.25. The Morgan fingerprint density at radius 1 is 1.26 bits per heavy atom. The predicted octanol–water partition coefficient (Wildman–Crippen LogP) is 4.40. The summed E-state index contributed by atoms with van der Waals surface area (Å²) in [5.41, 5.74) is 3.53. The van der Waals surface area contributed by atoms with Crippen LogP contribution in [0.5, 0.6) is 0 Å². The van der Waals surface area contributed by atoms with Crippen molar-refractivity contribution in [3.8, 4) is 0 Å². The lowest BCUT2D eigenvalue weighted by Crippen LogP contribution is -1.97. The van der Waals surface area contributed by atoms with E-state index in [-0.39, 0.29) is 0 Å². The highest BCUT2D eigenvalue weighted by molar-refractivity contribution is 9.10. The van der Waals surface area contributed by atoms with Crippen molar-refractivity contribution >= 4 is 32.7 Å². The lowest BCUT2D eigenvalue weighted by atomic mass is 10.2. The van der Waals surface area contributed by atoms with E-state index in [0.29, 0.717) is 5.69 Å². The quantitative estimate of drug-likeness (QED) is 0.643. The first-order chi connectivity index (χ1) is 9.28. The average molecular weight is 312 g/mol. The largest absolute Gasteiger partial charge is 0.353 e. The van der Waals surface area contributed by atoms with E-state index in [1.165, 1.54) is 5.56 Å². The van der Waals surface area contributed by atoms with Crippen molar-refractivity contribution in [2.75, 3.05) is 0 Å². The number of rotatable bonds is 2. The lowest BCUT2D eigenvalue weighted by Gasteiger charge is -2.05. The molecule has 0 aliphatic rings. The zero-order valence-corrected chi connectivity index (χ0v) is 11.6. The van der Waals surface area contributed by atoms with Gasteiger partial charge in [-0.2, -0.15) is 0 Å². The van der Waals surface area contributed by atoms with Gasteiger partial charge in [0.05, 0.1) is 17.6 Å². The summed E-state index contributed by atoms with van der Waals surface area (Å²) in [6.45, 7) is 7.97. The number of hydrogen-bond donors (Lipinski definition) is 0. The van der Waals surface area contributed by atoms with Crippen molar-refractivity contribution < 1.29 is 0 Å². The topological polar surface area (TPSA) is 22.2 Å². The van der Waals surface area contributed by atoms with E-state index in [1.54, 1.807) is 6.20 Å². The second-order valence-corrected chi connectivity index (χ2v) is 5.18. The molecule has 0 amide bonds. The summed E-state index contributed by atoms with van der Waals surface area (Å²) in [6.07, 6.45) is 3.59. The molecule has 0 saturated heterocycles. The van der Waals surface area contributed by atoms with Gasteiger partial charge in [0, 0.05) is 23.4 Å². The maximum Gasteiger partial charge on any atom is 0.230 e. The second-order valence-electron chi connectivity index (χ2n) is 4.26. The minimum atomic E-state index is 0.596. The molecular weight excluding hydrogens is 302 g/mol. The molecule has 2 aromatic heterocycles. The fourth-order valence-corrected chi connectivity index (χ4v) is 2.44. The molecule has 0 aliphatic heterocycles. The van der Waals surface area contributed by atoms with Gasteiger partial charge in [-0.05, 0) is 27.6 Å². The van der Waals surface area contributed by atoms with Gasteiger partial charge in [-0.3, -0.25) is 4.98 Å². The number of halogens is 1. The first-order valence-electron chi connectivity index (χ1n) is 5.83. The van der Waals surface area contributed by atoms with Gasteiger partial charge >= 0.3 is 0 Å². The van der Waals surface area contributed by atoms with Crippen LogP contribution in [0.4, 0.5) is 5.69 Å². The number of benzene rings is 1. The molecule has 0 saturated carbocycles. The number of hydrogen-bond acceptors (Lipinski definition) is 1. The van der Waals surface area contributed by atoms with E-state index in [2.05, 4.69) is 42.5 Å². The van der Waals surface area contributed by atoms with E-state index in [1.807, 2.05) is 30.5 Å². The molecule has 3 nitrogen and oxygen atoms in total. The van der Waals surface area contributed by atoms with Crippen molar-refractivity contribution in [3.05, 3.63) is 70.2 Å². The zero-order valence-electron chi connectivity index (χ0n) is 10.0. The molecule has 0 bridgehead atoms. The molecule has 4 heteroatoms. The summed E-state index contributed by atoms with van der Waals surface area (Å²) in [4.78, 5) is 7.87. The SMILES string of the molecule is [C-]#[N+]c1cn(Cc2ccccc2)c2cc(Br)cnc12. The molecule has 0 atom stereocenters. The highest BCUT2D eigenvalue weighted by Crippen LogP contribution is 2.29. The molecular formula is C15H10BrN3. The van der Waals surface area contributed by atoms with Gasteiger partial charge in [-0.25, -0.2) is 4.85 Å². The summed E-state index contributed by atoms with van der Waals surface area (Å²) >= 11 is 3.43. The highest BCUT2D eigenvalue weighted by Gasteiger charge is 2.10. The Bertz CT molecular complexity index is 769. The van der Waals surface area contributed by atoms with Gasteiger partial charge in [-0.1, -0.05) is 30.3 Å². The Labute approximate surface area is 119 Å². The fraction of sp³-hybridized carbons (Fsp3) is 0.0667. The van der Waals surface area contributed by atoms with Crippen LogP contribution in [-0.4, -0.2) is 9.55 Å². The summed E-state index contributed by atoms with van der Waals surface area (Å²) in [5.74, 6) is 0. The summed E-state index contributed by atoms with van der Waals surface area (Å²) in [6, 6.07) is 12.2. The molecule has 3 rings (SSSR count). The van der Waals surface area contributed by atoms with Crippen LogP contribution in [0, 0.1) is 6.57 Å². The molecule has 0 aliphatic carbocycles. The van der Waals surface area contributed by atoms with Crippen LogP contribution in [0.2, 0.25) is 0 Å². The zero-order chi connectivity index (χ0) is 13.2. The normalized spacial score (nSPS) is 10.5. The van der Waals surface area contributed by atoms with Crippen molar-refractivity contribution in [1.82, 2.24) is 9.55 Å². The minimum absolute atomic E-state index is 0.596.